The molecular weight excluding hydrogens is 92.1 g/mol. The topological polar surface area (TPSA) is 40.5 Å². The van der Waals surface area contributed by atoms with Crippen molar-refractivity contribution in [1.82, 2.24) is 0 Å². The molecule has 0 saturated carbocycles. The summed E-state index contributed by atoms with van der Waals surface area (Å²) >= 11 is 0. The predicted octanol–water partition coefficient (Wildman–Crippen LogP) is 0.263. The molecule has 0 rings (SSSR count). The molecular formula is C5H10O2. The summed E-state index contributed by atoms with van der Waals surface area (Å²) in [5, 5.41) is 17.0. The van der Waals surface area contributed by atoms with Crippen LogP contribution in [0.5, 0.6) is 0 Å². The molecule has 0 aliphatic rings. The maximum atomic E-state index is 8.49. The molecule has 42 valence electrons. The van der Waals surface area contributed by atoms with Gasteiger partial charge in [0.1, 0.15) is 0 Å². The van der Waals surface area contributed by atoms with Crippen molar-refractivity contribution >= 4 is 0 Å². The number of aliphatic hydroxyl groups is 2. The quantitative estimate of drug-likeness (QED) is 0.368. The third-order valence-corrected chi connectivity index (χ3v) is 0.482. The van der Waals surface area contributed by atoms with Crippen LogP contribution in [-0.2, 0) is 0 Å². The van der Waals surface area contributed by atoms with Gasteiger partial charge in [-0.25, -0.2) is 0 Å². The Morgan fingerprint density at radius 2 is 1.86 bits per heavy atom. The van der Waals surface area contributed by atoms with Crippen molar-refractivity contribution < 1.29 is 10.2 Å². The van der Waals surface area contributed by atoms with Crippen LogP contribution >= 0.6 is 0 Å². The van der Waals surface area contributed by atoms with Gasteiger partial charge in [-0.3, -0.25) is 0 Å². The van der Waals surface area contributed by atoms with Crippen LogP contribution < -0.4 is 0 Å². The minimum absolute atomic E-state index is 1.30. The average molecular weight is 102 g/mol. The molecule has 0 aromatic heterocycles. The Hall–Kier alpha value is -0.340. The molecule has 0 aliphatic heterocycles. The highest BCUT2D eigenvalue weighted by Gasteiger charge is 2.06. The van der Waals surface area contributed by atoms with Crippen molar-refractivity contribution in [3.63, 3.8) is 0 Å². The van der Waals surface area contributed by atoms with E-state index in [4.69, 9.17) is 10.2 Å². The normalized spacial score (nSPS) is 13.1. The second-order valence-electron chi connectivity index (χ2n) is 1.59. The standard InChI is InChI=1S/C5H10O2/c1-3-4-5(2,6)7/h3-4,6-7H,1-2H3/b4-3+. The van der Waals surface area contributed by atoms with Crippen LogP contribution in [0.4, 0.5) is 0 Å². The summed E-state index contributed by atoms with van der Waals surface area (Å²) in [6.07, 6.45) is 2.88. The SMILES string of the molecule is C/C=C/C(C)(O)O. The first-order valence-electron chi connectivity index (χ1n) is 2.15. The number of allylic oxidation sites excluding steroid dienone is 1. The minimum atomic E-state index is -1.63. The summed E-state index contributed by atoms with van der Waals surface area (Å²) in [6.45, 7) is 3.03. The Labute approximate surface area is 43.1 Å². The number of hydrogen-bond donors (Lipinski definition) is 2. The van der Waals surface area contributed by atoms with E-state index in [0.29, 0.717) is 0 Å². The van der Waals surface area contributed by atoms with Crippen LogP contribution in [0.3, 0.4) is 0 Å². The van der Waals surface area contributed by atoms with Crippen LogP contribution in [0, 0.1) is 0 Å². The predicted molar refractivity (Wildman–Crippen MR) is 27.7 cm³/mol. The van der Waals surface area contributed by atoms with Crippen LogP contribution in [0.25, 0.3) is 0 Å². The number of hydrogen-bond acceptors (Lipinski definition) is 2. The van der Waals surface area contributed by atoms with Crippen molar-refractivity contribution in [1.29, 1.82) is 0 Å². The molecule has 0 unspecified atom stereocenters. The summed E-state index contributed by atoms with van der Waals surface area (Å²) in [6, 6.07) is 0. The fraction of sp³-hybridized carbons (Fsp3) is 0.600. The minimum Gasteiger partial charge on any atom is -0.363 e. The second-order valence-corrected chi connectivity index (χ2v) is 1.59. The Bertz CT molecular complexity index is 68.6. The third-order valence-electron chi connectivity index (χ3n) is 0.482. The first-order valence-corrected chi connectivity index (χ1v) is 2.15. The summed E-state index contributed by atoms with van der Waals surface area (Å²) in [5.74, 6) is -1.63. The maximum Gasteiger partial charge on any atom is 0.179 e. The van der Waals surface area contributed by atoms with E-state index in [9.17, 15) is 0 Å². The zero-order valence-electron chi connectivity index (χ0n) is 4.55. The highest BCUT2D eigenvalue weighted by atomic mass is 16.5. The zero-order chi connectivity index (χ0) is 5.91. The van der Waals surface area contributed by atoms with Crippen LogP contribution in [0.2, 0.25) is 0 Å². The largest absolute Gasteiger partial charge is 0.363 e. The molecule has 0 saturated heterocycles. The third kappa shape index (κ3) is 5.66. The molecule has 2 N–H and O–H groups in total. The van der Waals surface area contributed by atoms with Gasteiger partial charge in [0.2, 0.25) is 0 Å². The van der Waals surface area contributed by atoms with Gasteiger partial charge in [-0.15, -0.1) is 0 Å². The van der Waals surface area contributed by atoms with Gasteiger partial charge in [-0.05, 0) is 19.9 Å². The Morgan fingerprint density at radius 3 is 1.86 bits per heavy atom. The number of rotatable bonds is 1. The lowest BCUT2D eigenvalue weighted by molar-refractivity contribution is -0.101. The Morgan fingerprint density at radius 1 is 1.43 bits per heavy atom. The second kappa shape index (κ2) is 2.09. The molecule has 0 fully saturated rings. The fourth-order valence-corrected chi connectivity index (χ4v) is 0.316. The molecule has 0 heterocycles. The van der Waals surface area contributed by atoms with Gasteiger partial charge in [0, 0.05) is 0 Å². The molecule has 0 aliphatic carbocycles. The van der Waals surface area contributed by atoms with Crippen molar-refractivity contribution in [2.75, 3.05) is 0 Å². The molecule has 0 radical (unpaired) electrons. The van der Waals surface area contributed by atoms with E-state index in [0.717, 1.165) is 0 Å². The van der Waals surface area contributed by atoms with E-state index < -0.39 is 5.79 Å². The Kier molecular flexibility index (Phi) is 1.99. The maximum absolute atomic E-state index is 8.49. The molecule has 2 nitrogen and oxygen atoms in total. The summed E-state index contributed by atoms with van der Waals surface area (Å²) in [4.78, 5) is 0. The molecule has 0 aromatic carbocycles. The van der Waals surface area contributed by atoms with Crippen molar-refractivity contribution in [2.24, 2.45) is 0 Å². The average Bonchev–Trinajstić information content (AvgIpc) is 1.30. The smallest absolute Gasteiger partial charge is 0.179 e. The van der Waals surface area contributed by atoms with E-state index >= 15 is 0 Å². The molecule has 0 aromatic rings. The zero-order valence-corrected chi connectivity index (χ0v) is 4.55. The van der Waals surface area contributed by atoms with Gasteiger partial charge in [-0.2, -0.15) is 0 Å². The van der Waals surface area contributed by atoms with E-state index in [1.807, 2.05) is 0 Å². The van der Waals surface area contributed by atoms with E-state index in [1.54, 1.807) is 13.0 Å². The van der Waals surface area contributed by atoms with E-state index in [1.165, 1.54) is 13.0 Å². The molecule has 0 amide bonds. The van der Waals surface area contributed by atoms with Gasteiger partial charge in [0.05, 0.1) is 0 Å². The lowest BCUT2D eigenvalue weighted by Crippen LogP contribution is -2.18. The van der Waals surface area contributed by atoms with Crippen molar-refractivity contribution in [2.45, 2.75) is 19.6 Å². The summed E-state index contributed by atoms with van der Waals surface area (Å²) < 4.78 is 0. The van der Waals surface area contributed by atoms with Gasteiger partial charge in [-0.1, -0.05) is 6.08 Å². The monoisotopic (exact) mass is 102 g/mol. The molecule has 2 heteroatoms. The Balaban J connectivity index is 3.56. The first-order chi connectivity index (χ1) is 3.06. The lowest BCUT2D eigenvalue weighted by Gasteiger charge is -2.07. The van der Waals surface area contributed by atoms with Gasteiger partial charge < -0.3 is 10.2 Å². The molecule has 0 spiro atoms. The molecule has 7 heavy (non-hydrogen) atoms. The van der Waals surface area contributed by atoms with Crippen LogP contribution in [0.1, 0.15) is 13.8 Å². The summed E-state index contributed by atoms with van der Waals surface area (Å²) in [5.41, 5.74) is 0. The van der Waals surface area contributed by atoms with E-state index in [2.05, 4.69) is 0 Å². The van der Waals surface area contributed by atoms with Crippen molar-refractivity contribution in [3.05, 3.63) is 12.2 Å². The van der Waals surface area contributed by atoms with Crippen molar-refractivity contribution in [3.8, 4) is 0 Å². The van der Waals surface area contributed by atoms with Gasteiger partial charge in [0.15, 0.2) is 5.79 Å². The lowest BCUT2D eigenvalue weighted by atomic mass is 10.3. The first kappa shape index (κ1) is 6.66. The van der Waals surface area contributed by atoms with Gasteiger partial charge >= 0.3 is 0 Å². The highest BCUT2D eigenvalue weighted by molar-refractivity contribution is 4.87. The summed E-state index contributed by atoms with van der Waals surface area (Å²) in [7, 11) is 0. The van der Waals surface area contributed by atoms with Crippen LogP contribution in [0.15, 0.2) is 12.2 Å². The highest BCUT2D eigenvalue weighted by Crippen LogP contribution is 1.96. The van der Waals surface area contributed by atoms with Gasteiger partial charge in [0.25, 0.3) is 0 Å². The molecule has 0 bridgehead atoms. The van der Waals surface area contributed by atoms with E-state index in [-0.39, 0.29) is 0 Å². The fourth-order valence-electron chi connectivity index (χ4n) is 0.316. The van der Waals surface area contributed by atoms with Crippen LogP contribution in [-0.4, -0.2) is 16.0 Å². The molecule has 0 atom stereocenters.